The number of thiophene rings is 1. The van der Waals surface area contributed by atoms with Gasteiger partial charge in [0, 0.05) is 19.1 Å². The maximum atomic E-state index is 12.5. The van der Waals surface area contributed by atoms with Crippen LogP contribution in [-0.2, 0) is 6.42 Å². The normalized spacial score (nSPS) is 23.1. The number of likely N-dealkylation sites (tertiary alicyclic amines) is 1. The van der Waals surface area contributed by atoms with Crippen LogP contribution in [0.25, 0.3) is 0 Å². The van der Waals surface area contributed by atoms with Crippen LogP contribution in [0.4, 0.5) is 0 Å². The summed E-state index contributed by atoms with van der Waals surface area (Å²) in [5.41, 5.74) is 7.29. The van der Waals surface area contributed by atoms with Crippen LogP contribution in [0.15, 0.2) is 11.4 Å². The van der Waals surface area contributed by atoms with E-state index < -0.39 is 0 Å². The van der Waals surface area contributed by atoms with Crippen molar-refractivity contribution in [2.24, 2.45) is 11.1 Å². The molecule has 1 aromatic heterocycles. The first kappa shape index (κ1) is 13.6. The topological polar surface area (TPSA) is 46.3 Å². The van der Waals surface area contributed by atoms with Crippen LogP contribution < -0.4 is 5.73 Å². The van der Waals surface area contributed by atoms with Gasteiger partial charge in [0.2, 0.25) is 0 Å². The molecule has 0 radical (unpaired) electrons. The van der Waals surface area contributed by atoms with E-state index in [0.717, 1.165) is 36.4 Å². The molecule has 1 unspecified atom stereocenters. The SMILES string of the molecule is CCc1ccsc1C(=O)N1CCC(N)C(C)(C)C1. The van der Waals surface area contributed by atoms with Crippen LogP contribution in [-0.4, -0.2) is 29.9 Å². The first-order chi connectivity index (χ1) is 8.45. The number of nitrogens with zero attached hydrogens (tertiary/aromatic N) is 1. The van der Waals surface area contributed by atoms with E-state index in [1.807, 2.05) is 10.3 Å². The van der Waals surface area contributed by atoms with Crippen LogP contribution in [0.3, 0.4) is 0 Å². The first-order valence-corrected chi connectivity index (χ1v) is 7.45. The number of amides is 1. The van der Waals surface area contributed by atoms with Crippen LogP contribution in [0.1, 0.15) is 42.4 Å². The van der Waals surface area contributed by atoms with Gasteiger partial charge in [0.25, 0.3) is 5.91 Å². The molecule has 1 aliphatic rings. The number of hydrogen-bond donors (Lipinski definition) is 1. The average molecular weight is 266 g/mol. The number of carbonyl (C=O) groups excluding carboxylic acids is 1. The van der Waals surface area contributed by atoms with Gasteiger partial charge in [-0.25, -0.2) is 0 Å². The zero-order chi connectivity index (χ0) is 13.3. The predicted octanol–water partition coefficient (Wildman–Crippen LogP) is 2.51. The summed E-state index contributed by atoms with van der Waals surface area (Å²) in [6.45, 7) is 7.92. The van der Waals surface area contributed by atoms with Crippen molar-refractivity contribution in [3.8, 4) is 0 Å². The standard InChI is InChI=1S/C14H22N2OS/c1-4-10-6-8-18-12(10)13(17)16-7-5-11(15)14(2,3)9-16/h6,8,11H,4-5,7,9,15H2,1-3H3. The molecule has 1 atom stereocenters. The number of hydrogen-bond acceptors (Lipinski definition) is 3. The molecule has 3 nitrogen and oxygen atoms in total. The van der Waals surface area contributed by atoms with E-state index >= 15 is 0 Å². The molecule has 0 saturated carbocycles. The second-order valence-electron chi connectivity index (χ2n) is 5.74. The molecule has 1 fully saturated rings. The molecule has 0 aromatic carbocycles. The molecule has 100 valence electrons. The van der Waals surface area contributed by atoms with Crippen molar-refractivity contribution < 1.29 is 4.79 Å². The van der Waals surface area contributed by atoms with Gasteiger partial charge in [-0.3, -0.25) is 4.79 Å². The van der Waals surface area contributed by atoms with E-state index in [1.165, 1.54) is 0 Å². The van der Waals surface area contributed by atoms with Crippen LogP contribution in [0.5, 0.6) is 0 Å². The number of aryl methyl sites for hydroxylation is 1. The molecular formula is C14H22N2OS. The average Bonchev–Trinajstić information content (AvgIpc) is 2.79. The highest BCUT2D eigenvalue weighted by molar-refractivity contribution is 7.12. The molecule has 2 rings (SSSR count). The highest BCUT2D eigenvalue weighted by Gasteiger charge is 2.36. The molecule has 0 bridgehead atoms. The predicted molar refractivity (Wildman–Crippen MR) is 76.0 cm³/mol. The number of carbonyl (C=O) groups is 1. The summed E-state index contributed by atoms with van der Waals surface area (Å²) in [5.74, 6) is 0.182. The fourth-order valence-electron chi connectivity index (χ4n) is 2.49. The summed E-state index contributed by atoms with van der Waals surface area (Å²) < 4.78 is 0. The Kier molecular flexibility index (Phi) is 3.78. The third kappa shape index (κ3) is 2.45. The summed E-state index contributed by atoms with van der Waals surface area (Å²) >= 11 is 1.55. The molecule has 4 heteroatoms. The molecule has 0 aliphatic carbocycles. The van der Waals surface area contributed by atoms with Gasteiger partial charge in [0.1, 0.15) is 0 Å². The maximum Gasteiger partial charge on any atom is 0.264 e. The van der Waals surface area contributed by atoms with Crippen molar-refractivity contribution in [2.75, 3.05) is 13.1 Å². The van der Waals surface area contributed by atoms with Gasteiger partial charge < -0.3 is 10.6 Å². The van der Waals surface area contributed by atoms with Crippen molar-refractivity contribution in [3.05, 3.63) is 21.9 Å². The lowest BCUT2D eigenvalue weighted by atomic mass is 9.79. The van der Waals surface area contributed by atoms with Crippen LogP contribution in [0, 0.1) is 5.41 Å². The summed E-state index contributed by atoms with van der Waals surface area (Å²) in [4.78, 5) is 15.4. The molecular weight excluding hydrogens is 244 g/mol. The Hall–Kier alpha value is -0.870. The minimum Gasteiger partial charge on any atom is -0.337 e. The van der Waals surface area contributed by atoms with Gasteiger partial charge in [-0.2, -0.15) is 0 Å². The Balaban J connectivity index is 2.16. The molecule has 2 heterocycles. The lowest BCUT2D eigenvalue weighted by molar-refractivity contribution is 0.0537. The highest BCUT2D eigenvalue weighted by Crippen LogP contribution is 2.30. The van der Waals surface area contributed by atoms with Crippen LogP contribution in [0.2, 0.25) is 0 Å². The van der Waals surface area contributed by atoms with E-state index in [4.69, 9.17) is 5.73 Å². The van der Waals surface area contributed by atoms with Gasteiger partial charge in [0.15, 0.2) is 0 Å². The number of rotatable bonds is 2. The largest absolute Gasteiger partial charge is 0.337 e. The van der Waals surface area contributed by atoms with Gasteiger partial charge in [-0.1, -0.05) is 20.8 Å². The van der Waals surface area contributed by atoms with E-state index in [9.17, 15) is 4.79 Å². The number of piperidine rings is 1. The van der Waals surface area contributed by atoms with E-state index in [-0.39, 0.29) is 17.4 Å². The van der Waals surface area contributed by atoms with Crippen molar-refractivity contribution in [3.63, 3.8) is 0 Å². The smallest absolute Gasteiger partial charge is 0.264 e. The van der Waals surface area contributed by atoms with E-state index in [1.54, 1.807) is 11.3 Å². The Labute approximate surface area is 113 Å². The zero-order valence-electron chi connectivity index (χ0n) is 11.4. The summed E-state index contributed by atoms with van der Waals surface area (Å²) in [7, 11) is 0. The van der Waals surface area contributed by atoms with E-state index in [0.29, 0.717) is 0 Å². The monoisotopic (exact) mass is 266 g/mol. The molecule has 1 amide bonds. The van der Waals surface area contributed by atoms with Gasteiger partial charge in [-0.15, -0.1) is 11.3 Å². The number of nitrogens with two attached hydrogens (primary N) is 1. The lowest BCUT2D eigenvalue weighted by Crippen LogP contribution is -2.53. The van der Waals surface area contributed by atoms with Crippen LogP contribution >= 0.6 is 11.3 Å². The fraction of sp³-hybridized carbons (Fsp3) is 0.643. The van der Waals surface area contributed by atoms with E-state index in [2.05, 4.69) is 26.8 Å². The molecule has 1 aromatic rings. The van der Waals surface area contributed by atoms with Gasteiger partial charge >= 0.3 is 0 Å². The molecule has 1 saturated heterocycles. The first-order valence-electron chi connectivity index (χ1n) is 6.57. The highest BCUT2D eigenvalue weighted by atomic mass is 32.1. The van der Waals surface area contributed by atoms with Crippen molar-refractivity contribution in [1.82, 2.24) is 4.90 Å². The maximum absolute atomic E-state index is 12.5. The van der Waals surface area contributed by atoms with Crippen molar-refractivity contribution in [2.45, 2.75) is 39.7 Å². The molecule has 1 aliphatic heterocycles. The minimum atomic E-state index is 0.0115. The summed E-state index contributed by atoms with van der Waals surface area (Å²) in [6.07, 6.45) is 1.81. The molecule has 2 N–H and O–H groups in total. The Morgan fingerprint density at radius 2 is 2.33 bits per heavy atom. The van der Waals surface area contributed by atoms with Crippen molar-refractivity contribution >= 4 is 17.2 Å². The Bertz CT molecular complexity index is 439. The quantitative estimate of drug-likeness (QED) is 0.894. The van der Waals surface area contributed by atoms with Gasteiger partial charge in [0.05, 0.1) is 4.88 Å². The third-order valence-electron chi connectivity index (χ3n) is 3.92. The zero-order valence-corrected chi connectivity index (χ0v) is 12.2. The van der Waals surface area contributed by atoms with Crippen molar-refractivity contribution in [1.29, 1.82) is 0 Å². The Morgan fingerprint density at radius 1 is 1.61 bits per heavy atom. The second-order valence-corrected chi connectivity index (χ2v) is 6.66. The van der Waals surface area contributed by atoms with Gasteiger partial charge in [-0.05, 0) is 35.3 Å². The second kappa shape index (κ2) is 5.02. The Morgan fingerprint density at radius 3 is 2.94 bits per heavy atom. The third-order valence-corrected chi connectivity index (χ3v) is 4.87. The molecule has 18 heavy (non-hydrogen) atoms. The lowest BCUT2D eigenvalue weighted by Gasteiger charge is -2.42. The molecule has 0 spiro atoms. The summed E-state index contributed by atoms with van der Waals surface area (Å²) in [5, 5.41) is 2.01. The fourth-order valence-corrected chi connectivity index (χ4v) is 3.45. The minimum absolute atomic E-state index is 0.0115. The summed E-state index contributed by atoms with van der Waals surface area (Å²) in [6, 6.07) is 2.24.